The number of rotatable bonds is 7. The molecule has 0 aromatic carbocycles. The molecule has 0 amide bonds. The molecule has 0 unspecified atom stereocenters. The molecule has 18 heavy (non-hydrogen) atoms. The molecule has 0 N–H and O–H groups in total. The number of allylic oxidation sites excluding steroid dienone is 2. The van der Waals surface area contributed by atoms with Gasteiger partial charge in [-0.3, -0.25) is 4.99 Å². The molecule has 0 aliphatic rings. The van der Waals surface area contributed by atoms with Crippen LogP contribution in [0.5, 0.6) is 0 Å². The van der Waals surface area contributed by atoms with Crippen LogP contribution in [0, 0.1) is 11.3 Å². The minimum Gasteiger partial charge on any atom is -0.500 e. The van der Waals surface area contributed by atoms with Crippen LogP contribution in [-0.2, 0) is 4.74 Å². The molecule has 0 bridgehead atoms. The van der Waals surface area contributed by atoms with E-state index in [-0.39, 0.29) is 5.41 Å². The summed E-state index contributed by atoms with van der Waals surface area (Å²) in [5.41, 5.74) is 2.64. The quantitative estimate of drug-likeness (QED) is 0.469. The van der Waals surface area contributed by atoms with Crippen molar-refractivity contribution in [3.05, 3.63) is 11.3 Å². The second kappa shape index (κ2) is 7.60. The van der Waals surface area contributed by atoms with Crippen LogP contribution in [0.25, 0.3) is 0 Å². The van der Waals surface area contributed by atoms with Crippen LogP contribution in [0.1, 0.15) is 60.8 Å². The first-order chi connectivity index (χ1) is 8.43. The Kier molecular flexibility index (Phi) is 7.27. The number of ether oxygens (including phenoxy) is 1. The van der Waals surface area contributed by atoms with Gasteiger partial charge in [0.05, 0.1) is 7.11 Å². The van der Waals surface area contributed by atoms with E-state index in [2.05, 4.69) is 46.5 Å². The summed E-state index contributed by atoms with van der Waals surface area (Å²) in [6.07, 6.45) is 3.37. The fourth-order valence-corrected chi connectivity index (χ4v) is 2.99. The SMILES string of the molecule is CCC(CC)(CC)C(=NC)/C(C)=C(\OC)C(C)C. The highest BCUT2D eigenvalue weighted by molar-refractivity contribution is 6.04. The van der Waals surface area contributed by atoms with E-state index in [0.717, 1.165) is 25.0 Å². The van der Waals surface area contributed by atoms with E-state index in [0.29, 0.717) is 5.92 Å². The van der Waals surface area contributed by atoms with Crippen LogP contribution in [-0.4, -0.2) is 19.9 Å². The van der Waals surface area contributed by atoms with Crippen molar-refractivity contribution in [1.29, 1.82) is 0 Å². The largest absolute Gasteiger partial charge is 0.500 e. The summed E-state index contributed by atoms with van der Waals surface area (Å²) in [5, 5.41) is 0. The fourth-order valence-electron chi connectivity index (χ4n) is 2.99. The molecule has 0 aromatic rings. The van der Waals surface area contributed by atoms with Gasteiger partial charge >= 0.3 is 0 Å². The number of methoxy groups -OCH3 is 1. The number of aliphatic imine (C=N–C) groups is 1. The Balaban J connectivity index is 5.72. The molecule has 106 valence electrons. The monoisotopic (exact) mass is 253 g/mol. The summed E-state index contributed by atoms with van der Waals surface area (Å²) in [7, 11) is 3.67. The molecule has 0 atom stereocenters. The molecule has 0 saturated carbocycles. The zero-order valence-corrected chi connectivity index (χ0v) is 13.6. The van der Waals surface area contributed by atoms with Crippen LogP contribution >= 0.6 is 0 Å². The predicted octanol–water partition coefficient (Wildman–Crippen LogP) is 4.85. The van der Waals surface area contributed by atoms with Crippen molar-refractivity contribution < 1.29 is 4.74 Å². The van der Waals surface area contributed by atoms with Crippen molar-refractivity contribution >= 4 is 5.71 Å². The van der Waals surface area contributed by atoms with E-state index >= 15 is 0 Å². The van der Waals surface area contributed by atoms with Gasteiger partial charge in [0.25, 0.3) is 0 Å². The van der Waals surface area contributed by atoms with Gasteiger partial charge in [-0.15, -0.1) is 0 Å². The summed E-state index contributed by atoms with van der Waals surface area (Å²) in [6, 6.07) is 0. The maximum Gasteiger partial charge on any atom is 0.103 e. The Bertz CT molecular complexity index is 301. The maximum absolute atomic E-state index is 5.58. The molecule has 0 spiro atoms. The van der Waals surface area contributed by atoms with Gasteiger partial charge in [-0.05, 0) is 26.2 Å². The topological polar surface area (TPSA) is 21.6 Å². The van der Waals surface area contributed by atoms with Gasteiger partial charge in [-0.1, -0.05) is 34.6 Å². The van der Waals surface area contributed by atoms with Gasteiger partial charge in [0, 0.05) is 29.7 Å². The highest BCUT2D eigenvalue weighted by atomic mass is 16.5. The molecule has 0 aliphatic heterocycles. The van der Waals surface area contributed by atoms with E-state index < -0.39 is 0 Å². The lowest BCUT2D eigenvalue weighted by Crippen LogP contribution is -2.31. The van der Waals surface area contributed by atoms with Gasteiger partial charge in [0.2, 0.25) is 0 Å². The Morgan fingerprint density at radius 3 is 1.78 bits per heavy atom. The summed E-state index contributed by atoms with van der Waals surface area (Å²) in [6.45, 7) is 13.3. The minimum absolute atomic E-state index is 0.192. The van der Waals surface area contributed by atoms with E-state index in [4.69, 9.17) is 4.74 Å². The first-order valence-corrected chi connectivity index (χ1v) is 7.16. The smallest absolute Gasteiger partial charge is 0.103 e. The highest BCUT2D eigenvalue weighted by Crippen LogP contribution is 2.36. The number of nitrogens with zero attached hydrogens (tertiary/aromatic N) is 1. The molecule has 2 nitrogen and oxygen atoms in total. The van der Waals surface area contributed by atoms with Crippen LogP contribution in [0.2, 0.25) is 0 Å². The Morgan fingerprint density at radius 1 is 1.11 bits per heavy atom. The Labute approximate surface area is 114 Å². The molecule has 0 radical (unpaired) electrons. The molecule has 0 rings (SSSR count). The van der Waals surface area contributed by atoms with Crippen LogP contribution < -0.4 is 0 Å². The van der Waals surface area contributed by atoms with Crippen molar-refractivity contribution in [2.24, 2.45) is 16.3 Å². The van der Waals surface area contributed by atoms with Crippen LogP contribution in [0.4, 0.5) is 0 Å². The molecule has 0 heterocycles. The standard InChI is InChI=1S/C16H31NO/c1-9-16(10-2,11-3)15(17-7)13(6)14(18-8)12(4)5/h12H,9-11H2,1-8H3/b14-13-,17-15?. The average Bonchev–Trinajstić information content (AvgIpc) is 2.36. The molecule has 0 fully saturated rings. The van der Waals surface area contributed by atoms with Gasteiger partial charge in [-0.2, -0.15) is 0 Å². The lowest BCUT2D eigenvalue weighted by Gasteiger charge is -2.33. The third-order valence-corrected chi connectivity index (χ3v) is 4.23. The van der Waals surface area contributed by atoms with E-state index in [1.54, 1.807) is 7.11 Å². The number of hydrogen-bond acceptors (Lipinski definition) is 2. The molecular weight excluding hydrogens is 222 g/mol. The van der Waals surface area contributed by atoms with Crippen molar-refractivity contribution in [3.63, 3.8) is 0 Å². The second-order valence-electron chi connectivity index (χ2n) is 5.26. The second-order valence-corrected chi connectivity index (χ2v) is 5.26. The zero-order valence-electron chi connectivity index (χ0n) is 13.6. The molecular formula is C16H31NO. The van der Waals surface area contributed by atoms with E-state index in [9.17, 15) is 0 Å². The van der Waals surface area contributed by atoms with Gasteiger partial charge in [-0.25, -0.2) is 0 Å². The maximum atomic E-state index is 5.58. The summed E-state index contributed by atoms with van der Waals surface area (Å²) < 4.78 is 5.58. The Hall–Kier alpha value is -0.790. The predicted molar refractivity (Wildman–Crippen MR) is 81.2 cm³/mol. The van der Waals surface area contributed by atoms with Gasteiger partial charge < -0.3 is 4.74 Å². The first kappa shape index (κ1) is 17.2. The van der Waals surface area contributed by atoms with Crippen molar-refractivity contribution in [2.45, 2.75) is 60.8 Å². The lowest BCUT2D eigenvalue weighted by atomic mass is 9.72. The highest BCUT2D eigenvalue weighted by Gasteiger charge is 2.32. The third-order valence-electron chi connectivity index (χ3n) is 4.23. The molecule has 0 aliphatic carbocycles. The first-order valence-electron chi connectivity index (χ1n) is 7.16. The van der Waals surface area contributed by atoms with Crippen molar-refractivity contribution in [1.82, 2.24) is 0 Å². The van der Waals surface area contributed by atoms with Gasteiger partial charge in [0.15, 0.2) is 0 Å². The van der Waals surface area contributed by atoms with Crippen molar-refractivity contribution in [2.75, 3.05) is 14.2 Å². The zero-order chi connectivity index (χ0) is 14.3. The van der Waals surface area contributed by atoms with Gasteiger partial charge in [0.1, 0.15) is 5.76 Å². The lowest BCUT2D eigenvalue weighted by molar-refractivity contribution is 0.249. The fraction of sp³-hybridized carbons (Fsp3) is 0.812. The van der Waals surface area contributed by atoms with E-state index in [1.165, 1.54) is 11.3 Å². The summed E-state index contributed by atoms with van der Waals surface area (Å²) in [4.78, 5) is 4.60. The molecule has 0 saturated heterocycles. The Morgan fingerprint density at radius 2 is 1.56 bits per heavy atom. The average molecular weight is 253 g/mol. The molecule has 2 heteroatoms. The van der Waals surface area contributed by atoms with E-state index in [1.807, 2.05) is 7.05 Å². The van der Waals surface area contributed by atoms with Crippen molar-refractivity contribution in [3.8, 4) is 0 Å². The summed E-state index contributed by atoms with van der Waals surface area (Å²) >= 11 is 0. The molecule has 0 aromatic heterocycles. The third kappa shape index (κ3) is 3.37. The van der Waals surface area contributed by atoms with Crippen LogP contribution in [0.15, 0.2) is 16.3 Å². The minimum atomic E-state index is 0.192. The normalized spacial score (nSPS) is 14.8. The summed E-state index contributed by atoms with van der Waals surface area (Å²) in [5.74, 6) is 1.46. The number of hydrogen-bond donors (Lipinski definition) is 0. The van der Waals surface area contributed by atoms with Crippen LogP contribution in [0.3, 0.4) is 0 Å².